The second kappa shape index (κ2) is 3.61. The van der Waals surface area contributed by atoms with Gasteiger partial charge < -0.3 is 5.11 Å². The zero-order chi connectivity index (χ0) is 12.0. The molecular formula is C12H11FN2O2. The fraction of sp³-hybridized carbons (Fsp3) is 0.417. The SMILES string of the molecule is O=C(O)c1ncnc(C2CC3C=CC2C3)c1F. The molecule has 2 aliphatic carbocycles. The van der Waals surface area contributed by atoms with E-state index in [0.717, 1.165) is 19.2 Å². The minimum Gasteiger partial charge on any atom is -0.476 e. The van der Waals surface area contributed by atoms with Gasteiger partial charge in [-0.2, -0.15) is 0 Å². The Morgan fingerprint density at radius 3 is 2.76 bits per heavy atom. The van der Waals surface area contributed by atoms with E-state index in [1.165, 1.54) is 0 Å². The number of carboxylic acid groups (broad SMARTS) is 1. The third kappa shape index (κ3) is 1.53. The first-order valence-electron chi connectivity index (χ1n) is 5.59. The number of carbonyl (C=O) groups is 1. The zero-order valence-electron chi connectivity index (χ0n) is 9.01. The van der Waals surface area contributed by atoms with Crippen molar-refractivity contribution in [3.63, 3.8) is 0 Å². The fourth-order valence-corrected chi connectivity index (χ4v) is 2.89. The highest BCUT2D eigenvalue weighted by Gasteiger charge is 2.39. The maximum Gasteiger partial charge on any atom is 0.357 e. The van der Waals surface area contributed by atoms with Gasteiger partial charge in [-0.05, 0) is 24.7 Å². The summed E-state index contributed by atoms with van der Waals surface area (Å²) in [5.74, 6) is -1.32. The van der Waals surface area contributed by atoms with Crippen molar-refractivity contribution in [1.29, 1.82) is 0 Å². The molecule has 1 aromatic rings. The minimum absolute atomic E-state index is 0.00565. The summed E-state index contributed by atoms with van der Waals surface area (Å²) in [6.07, 6.45) is 7.25. The molecule has 1 fully saturated rings. The van der Waals surface area contributed by atoms with Gasteiger partial charge in [0, 0.05) is 5.92 Å². The van der Waals surface area contributed by atoms with Crippen LogP contribution in [-0.4, -0.2) is 21.0 Å². The Hall–Kier alpha value is -1.78. The fourth-order valence-electron chi connectivity index (χ4n) is 2.89. The Balaban J connectivity index is 2.01. The lowest BCUT2D eigenvalue weighted by molar-refractivity contribution is 0.0684. The third-order valence-corrected chi connectivity index (χ3v) is 3.65. The molecule has 2 aliphatic rings. The Morgan fingerprint density at radius 1 is 1.35 bits per heavy atom. The van der Waals surface area contributed by atoms with E-state index in [4.69, 9.17) is 5.11 Å². The number of aromatic carboxylic acids is 1. The van der Waals surface area contributed by atoms with Crippen LogP contribution in [0.25, 0.3) is 0 Å². The molecule has 17 heavy (non-hydrogen) atoms. The predicted octanol–water partition coefficient (Wildman–Crippen LogP) is 1.99. The molecule has 3 atom stereocenters. The lowest BCUT2D eigenvalue weighted by Gasteiger charge is -2.17. The summed E-state index contributed by atoms with van der Waals surface area (Å²) >= 11 is 0. The molecular weight excluding hydrogens is 223 g/mol. The molecule has 0 saturated heterocycles. The van der Waals surface area contributed by atoms with Gasteiger partial charge in [0.25, 0.3) is 0 Å². The van der Waals surface area contributed by atoms with Crippen LogP contribution in [0.5, 0.6) is 0 Å². The Labute approximate surface area is 97.2 Å². The van der Waals surface area contributed by atoms with E-state index >= 15 is 0 Å². The lowest BCUT2D eigenvalue weighted by Crippen LogP contribution is -2.14. The van der Waals surface area contributed by atoms with Crippen LogP contribution in [0.2, 0.25) is 0 Å². The van der Waals surface area contributed by atoms with Gasteiger partial charge in [-0.1, -0.05) is 12.2 Å². The summed E-state index contributed by atoms with van der Waals surface area (Å²) < 4.78 is 14.0. The summed E-state index contributed by atoms with van der Waals surface area (Å²) in [4.78, 5) is 18.2. The van der Waals surface area contributed by atoms with Crippen LogP contribution < -0.4 is 0 Å². The summed E-state index contributed by atoms with van der Waals surface area (Å²) in [6.45, 7) is 0. The topological polar surface area (TPSA) is 63.1 Å². The molecule has 1 aromatic heterocycles. The normalized spacial score (nSPS) is 29.8. The number of rotatable bonds is 2. The number of aromatic nitrogens is 2. The molecule has 0 spiro atoms. The molecule has 0 aromatic carbocycles. The van der Waals surface area contributed by atoms with Gasteiger partial charge in [0.1, 0.15) is 6.33 Å². The van der Waals surface area contributed by atoms with Gasteiger partial charge in [-0.25, -0.2) is 19.2 Å². The van der Waals surface area contributed by atoms with Gasteiger partial charge >= 0.3 is 5.97 Å². The van der Waals surface area contributed by atoms with Crippen LogP contribution in [0.15, 0.2) is 18.5 Å². The highest BCUT2D eigenvalue weighted by molar-refractivity contribution is 5.85. The number of allylic oxidation sites excluding steroid dienone is 2. The van der Waals surface area contributed by atoms with Gasteiger partial charge in [0.15, 0.2) is 11.5 Å². The molecule has 88 valence electrons. The zero-order valence-corrected chi connectivity index (χ0v) is 9.01. The maximum atomic E-state index is 14.0. The summed E-state index contributed by atoms with van der Waals surface area (Å²) in [6, 6.07) is 0. The molecule has 1 heterocycles. The first-order valence-corrected chi connectivity index (χ1v) is 5.59. The van der Waals surface area contributed by atoms with E-state index in [9.17, 15) is 9.18 Å². The van der Waals surface area contributed by atoms with E-state index in [1.807, 2.05) is 0 Å². The number of fused-ring (bicyclic) bond motifs is 2. The van der Waals surface area contributed by atoms with Crippen LogP contribution in [0.4, 0.5) is 4.39 Å². The Bertz CT molecular complexity index is 515. The molecule has 1 N–H and O–H groups in total. The average Bonchev–Trinajstić information content (AvgIpc) is 2.90. The van der Waals surface area contributed by atoms with Crippen molar-refractivity contribution in [2.24, 2.45) is 11.8 Å². The van der Waals surface area contributed by atoms with Crippen molar-refractivity contribution < 1.29 is 14.3 Å². The number of halogens is 1. The maximum absolute atomic E-state index is 14.0. The summed E-state index contributed by atoms with van der Waals surface area (Å²) in [5, 5.41) is 8.82. The molecule has 3 unspecified atom stereocenters. The van der Waals surface area contributed by atoms with Crippen LogP contribution >= 0.6 is 0 Å². The van der Waals surface area contributed by atoms with Crippen molar-refractivity contribution in [3.8, 4) is 0 Å². The largest absolute Gasteiger partial charge is 0.476 e. The van der Waals surface area contributed by atoms with Gasteiger partial charge in [0.2, 0.25) is 0 Å². The predicted molar refractivity (Wildman–Crippen MR) is 57.0 cm³/mol. The van der Waals surface area contributed by atoms with Crippen molar-refractivity contribution >= 4 is 5.97 Å². The Morgan fingerprint density at radius 2 is 2.18 bits per heavy atom. The van der Waals surface area contributed by atoms with Crippen molar-refractivity contribution in [1.82, 2.24) is 9.97 Å². The van der Waals surface area contributed by atoms with Gasteiger partial charge in [0.05, 0.1) is 5.69 Å². The first kappa shape index (κ1) is 10.4. The standard InChI is InChI=1S/C12H11FN2O2/c13-9-10(14-5-15-11(9)12(16)17)8-4-6-1-2-7(8)3-6/h1-2,5-8H,3-4H2,(H,16,17). The minimum atomic E-state index is -1.34. The van der Waals surface area contributed by atoms with Crippen molar-refractivity contribution in [2.45, 2.75) is 18.8 Å². The molecule has 0 amide bonds. The van der Waals surface area contributed by atoms with Gasteiger partial charge in [-0.15, -0.1) is 0 Å². The van der Waals surface area contributed by atoms with E-state index in [0.29, 0.717) is 11.8 Å². The summed E-state index contributed by atoms with van der Waals surface area (Å²) in [7, 11) is 0. The molecule has 5 heteroatoms. The second-order valence-corrected chi connectivity index (χ2v) is 4.61. The van der Waals surface area contributed by atoms with Crippen LogP contribution in [0.3, 0.4) is 0 Å². The van der Waals surface area contributed by atoms with E-state index in [1.54, 1.807) is 0 Å². The van der Waals surface area contributed by atoms with Crippen LogP contribution in [-0.2, 0) is 0 Å². The highest BCUT2D eigenvalue weighted by Crippen LogP contribution is 2.48. The molecule has 0 radical (unpaired) electrons. The van der Waals surface area contributed by atoms with E-state index in [2.05, 4.69) is 22.1 Å². The third-order valence-electron chi connectivity index (χ3n) is 3.65. The molecule has 0 aliphatic heterocycles. The van der Waals surface area contributed by atoms with Crippen molar-refractivity contribution in [3.05, 3.63) is 35.7 Å². The number of hydrogen-bond acceptors (Lipinski definition) is 3. The molecule has 4 nitrogen and oxygen atoms in total. The van der Waals surface area contributed by atoms with Crippen LogP contribution in [0, 0.1) is 17.7 Å². The van der Waals surface area contributed by atoms with Crippen LogP contribution in [0.1, 0.15) is 34.9 Å². The number of carboxylic acids is 1. The highest BCUT2D eigenvalue weighted by atomic mass is 19.1. The van der Waals surface area contributed by atoms with E-state index in [-0.39, 0.29) is 11.6 Å². The second-order valence-electron chi connectivity index (χ2n) is 4.61. The summed E-state index contributed by atoms with van der Waals surface area (Å²) in [5.41, 5.74) is -0.268. The molecule has 1 saturated carbocycles. The monoisotopic (exact) mass is 234 g/mol. The average molecular weight is 234 g/mol. The lowest BCUT2D eigenvalue weighted by atomic mass is 9.90. The number of nitrogens with zero attached hydrogens (tertiary/aromatic N) is 2. The Kier molecular flexibility index (Phi) is 2.21. The smallest absolute Gasteiger partial charge is 0.357 e. The molecule has 3 rings (SSSR count). The first-order chi connectivity index (χ1) is 8.16. The quantitative estimate of drug-likeness (QED) is 0.795. The van der Waals surface area contributed by atoms with Crippen molar-refractivity contribution in [2.75, 3.05) is 0 Å². The molecule has 2 bridgehead atoms. The number of hydrogen-bond donors (Lipinski definition) is 1. The van der Waals surface area contributed by atoms with E-state index < -0.39 is 17.5 Å². The van der Waals surface area contributed by atoms with Gasteiger partial charge in [-0.3, -0.25) is 0 Å².